The molecule has 0 bridgehead atoms. The predicted molar refractivity (Wildman–Crippen MR) is 97.0 cm³/mol. The average molecular weight is 369 g/mol. The molecule has 1 aromatic carbocycles. The summed E-state index contributed by atoms with van der Waals surface area (Å²) < 4.78 is 0. The number of anilines is 1. The second-order valence-corrected chi connectivity index (χ2v) is 5.95. The van der Waals surface area contributed by atoms with Gasteiger partial charge in [0.05, 0.1) is 10.6 Å². The molecular weight excluding hydrogens is 355 g/mol. The summed E-state index contributed by atoms with van der Waals surface area (Å²) in [6.45, 7) is 4.00. The lowest BCUT2D eigenvalue weighted by Gasteiger charge is -2.14. The van der Waals surface area contributed by atoms with Crippen LogP contribution in [0.4, 0.5) is 5.69 Å². The molecule has 1 heterocycles. The lowest BCUT2D eigenvalue weighted by molar-refractivity contribution is 0.0944. The molecule has 8 heteroatoms. The molecule has 2 aromatic rings. The fourth-order valence-electron chi connectivity index (χ4n) is 1.77. The summed E-state index contributed by atoms with van der Waals surface area (Å²) in [5, 5.41) is 3.63. The number of hydrogen-bond donors (Lipinski definition) is 3. The van der Waals surface area contributed by atoms with Gasteiger partial charge in [-0.15, -0.1) is 0 Å². The summed E-state index contributed by atoms with van der Waals surface area (Å²) in [7, 11) is 0. The highest BCUT2D eigenvalue weighted by atomic mass is 35.5. The Kier molecular flexibility index (Phi) is 5.76. The van der Waals surface area contributed by atoms with Crippen LogP contribution in [0.5, 0.6) is 0 Å². The smallest absolute Gasteiger partial charge is 0.271 e. The minimum Gasteiger partial charge on any atom is -0.331 e. The predicted octanol–water partition coefficient (Wildman–Crippen LogP) is 3.64. The van der Waals surface area contributed by atoms with Crippen LogP contribution in [0, 0.1) is 13.8 Å². The van der Waals surface area contributed by atoms with Crippen molar-refractivity contribution in [3.63, 3.8) is 0 Å². The summed E-state index contributed by atoms with van der Waals surface area (Å²) >= 11 is 16.7. The summed E-state index contributed by atoms with van der Waals surface area (Å²) in [6, 6.07) is 7.26. The summed E-state index contributed by atoms with van der Waals surface area (Å²) in [5.41, 5.74) is 8.45. The Morgan fingerprint density at radius 3 is 2.65 bits per heavy atom. The Hall–Kier alpha value is -1.89. The van der Waals surface area contributed by atoms with E-state index in [1.54, 1.807) is 0 Å². The van der Waals surface area contributed by atoms with Crippen molar-refractivity contribution in [1.82, 2.24) is 15.8 Å². The molecule has 0 aliphatic heterocycles. The van der Waals surface area contributed by atoms with Crippen LogP contribution in [-0.4, -0.2) is 16.0 Å². The molecule has 0 fully saturated rings. The van der Waals surface area contributed by atoms with E-state index in [1.165, 1.54) is 12.3 Å². The van der Waals surface area contributed by atoms with E-state index in [1.807, 2.05) is 32.0 Å². The van der Waals surface area contributed by atoms with Gasteiger partial charge in [-0.05, 0) is 49.3 Å². The van der Waals surface area contributed by atoms with E-state index in [9.17, 15) is 4.79 Å². The molecule has 0 unspecified atom stereocenters. The van der Waals surface area contributed by atoms with E-state index in [4.69, 9.17) is 35.4 Å². The number of amides is 1. The number of rotatable bonds is 2. The lowest BCUT2D eigenvalue weighted by Crippen LogP contribution is -2.43. The standard InChI is InChI=1S/C15H14Cl2N4OS/c1-8-4-3-5-12(9(8)2)19-15(23)21-20-14(22)10-6-11(16)13(17)18-7-10/h3-7H,1-2H3,(H,20,22)(H2,19,21,23). The van der Waals surface area contributed by atoms with Gasteiger partial charge in [-0.3, -0.25) is 15.6 Å². The van der Waals surface area contributed by atoms with Gasteiger partial charge in [-0.25, -0.2) is 4.98 Å². The van der Waals surface area contributed by atoms with Crippen molar-refractivity contribution in [2.75, 3.05) is 5.32 Å². The van der Waals surface area contributed by atoms with Crippen molar-refractivity contribution in [2.24, 2.45) is 0 Å². The minimum atomic E-state index is -0.429. The molecule has 1 amide bonds. The van der Waals surface area contributed by atoms with Crippen LogP contribution >= 0.6 is 35.4 Å². The first-order valence-electron chi connectivity index (χ1n) is 6.63. The van der Waals surface area contributed by atoms with Gasteiger partial charge >= 0.3 is 0 Å². The zero-order valence-electron chi connectivity index (χ0n) is 12.4. The van der Waals surface area contributed by atoms with Crippen LogP contribution in [0.25, 0.3) is 0 Å². The normalized spacial score (nSPS) is 10.1. The molecule has 120 valence electrons. The fourth-order valence-corrected chi connectivity index (χ4v) is 2.20. The second-order valence-electron chi connectivity index (χ2n) is 4.78. The Morgan fingerprint density at radius 2 is 1.96 bits per heavy atom. The number of nitrogens with zero attached hydrogens (tertiary/aromatic N) is 1. The second kappa shape index (κ2) is 7.59. The number of hydrogen-bond acceptors (Lipinski definition) is 3. The largest absolute Gasteiger partial charge is 0.331 e. The molecule has 0 spiro atoms. The monoisotopic (exact) mass is 368 g/mol. The maximum Gasteiger partial charge on any atom is 0.271 e. The van der Waals surface area contributed by atoms with Crippen molar-refractivity contribution in [3.8, 4) is 0 Å². The number of thiocarbonyl (C=S) groups is 1. The zero-order valence-corrected chi connectivity index (χ0v) is 14.7. The summed E-state index contributed by atoms with van der Waals surface area (Å²) in [4.78, 5) is 15.8. The molecular formula is C15H14Cl2N4OS. The quantitative estimate of drug-likeness (QED) is 0.429. The molecule has 23 heavy (non-hydrogen) atoms. The first-order valence-corrected chi connectivity index (χ1v) is 7.79. The number of pyridine rings is 1. The number of hydrazine groups is 1. The first kappa shape index (κ1) is 17.5. The zero-order chi connectivity index (χ0) is 17.0. The molecule has 5 nitrogen and oxygen atoms in total. The van der Waals surface area contributed by atoms with E-state index >= 15 is 0 Å². The van der Waals surface area contributed by atoms with Crippen LogP contribution in [0.1, 0.15) is 21.5 Å². The maximum atomic E-state index is 12.0. The lowest BCUT2D eigenvalue weighted by atomic mass is 10.1. The van der Waals surface area contributed by atoms with Crippen LogP contribution in [0.2, 0.25) is 10.2 Å². The minimum absolute atomic E-state index is 0.142. The van der Waals surface area contributed by atoms with E-state index < -0.39 is 5.91 Å². The van der Waals surface area contributed by atoms with Crippen molar-refractivity contribution in [1.29, 1.82) is 0 Å². The third-order valence-electron chi connectivity index (χ3n) is 3.20. The van der Waals surface area contributed by atoms with Crippen LogP contribution in [-0.2, 0) is 0 Å². The van der Waals surface area contributed by atoms with E-state index in [-0.39, 0.29) is 20.9 Å². The third kappa shape index (κ3) is 4.54. The van der Waals surface area contributed by atoms with Gasteiger partial charge in [0.1, 0.15) is 5.15 Å². The molecule has 0 aliphatic carbocycles. The summed E-state index contributed by atoms with van der Waals surface area (Å²) in [5.74, 6) is -0.429. The number of carbonyl (C=O) groups excluding carboxylic acids is 1. The van der Waals surface area contributed by atoms with Crippen LogP contribution in [0.15, 0.2) is 30.5 Å². The Bertz CT molecular complexity index is 767. The van der Waals surface area contributed by atoms with Crippen molar-refractivity contribution >= 4 is 52.1 Å². The molecule has 2 rings (SSSR count). The van der Waals surface area contributed by atoms with Gasteiger partial charge in [0.15, 0.2) is 5.11 Å². The van der Waals surface area contributed by atoms with Gasteiger partial charge in [0.25, 0.3) is 5.91 Å². The molecule has 0 radical (unpaired) electrons. The fraction of sp³-hybridized carbons (Fsp3) is 0.133. The van der Waals surface area contributed by atoms with Crippen molar-refractivity contribution < 1.29 is 4.79 Å². The first-order chi connectivity index (χ1) is 10.9. The Labute approximate surface area is 149 Å². The van der Waals surface area contributed by atoms with Crippen molar-refractivity contribution in [2.45, 2.75) is 13.8 Å². The Balaban J connectivity index is 1.94. The van der Waals surface area contributed by atoms with Gasteiger partial charge < -0.3 is 5.32 Å². The maximum absolute atomic E-state index is 12.0. The number of nitrogens with one attached hydrogen (secondary N) is 3. The number of aryl methyl sites for hydroxylation is 1. The van der Waals surface area contributed by atoms with Gasteiger partial charge in [0, 0.05) is 11.9 Å². The molecule has 0 saturated carbocycles. The number of aromatic nitrogens is 1. The molecule has 1 aromatic heterocycles. The molecule has 0 aliphatic rings. The SMILES string of the molecule is Cc1cccc(NC(=S)NNC(=O)c2cnc(Cl)c(Cl)c2)c1C. The van der Waals surface area contributed by atoms with Gasteiger partial charge in [0.2, 0.25) is 0 Å². The highest BCUT2D eigenvalue weighted by molar-refractivity contribution is 7.80. The van der Waals surface area contributed by atoms with E-state index in [0.29, 0.717) is 0 Å². The highest BCUT2D eigenvalue weighted by Crippen LogP contribution is 2.19. The highest BCUT2D eigenvalue weighted by Gasteiger charge is 2.10. The number of benzene rings is 1. The third-order valence-corrected chi connectivity index (χ3v) is 4.09. The average Bonchev–Trinajstić information content (AvgIpc) is 2.52. The molecule has 3 N–H and O–H groups in total. The number of carbonyl (C=O) groups is 1. The van der Waals surface area contributed by atoms with Crippen LogP contribution < -0.4 is 16.2 Å². The molecule has 0 saturated heterocycles. The molecule has 0 atom stereocenters. The van der Waals surface area contributed by atoms with E-state index in [0.717, 1.165) is 16.8 Å². The van der Waals surface area contributed by atoms with Crippen molar-refractivity contribution in [3.05, 3.63) is 57.3 Å². The van der Waals surface area contributed by atoms with E-state index in [2.05, 4.69) is 21.2 Å². The summed E-state index contributed by atoms with van der Waals surface area (Å²) in [6.07, 6.45) is 1.33. The topological polar surface area (TPSA) is 66.0 Å². The Morgan fingerprint density at radius 1 is 1.22 bits per heavy atom. The number of halogens is 2. The van der Waals surface area contributed by atoms with Crippen LogP contribution in [0.3, 0.4) is 0 Å². The van der Waals surface area contributed by atoms with Gasteiger partial charge in [-0.1, -0.05) is 35.3 Å². The van der Waals surface area contributed by atoms with Gasteiger partial charge in [-0.2, -0.15) is 0 Å².